The summed E-state index contributed by atoms with van der Waals surface area (Å²) in [6.45, 7) is 0.990. The quantitative estimate of drug-likeness (QED) is 0.633. The van der Waals surface area contributed by atoms with Gasteiger partial charge in [0, 0.05) is 6.07 Å². The zero-order valence-corrected chi connectivity index (χ0v) is 8.31. The van der Waals surface area contributed by atoms with Gasteiger partial charge in [-0.3, -0.25) is 10.1 Å². The molecule has 0 saturated heterocycles. The van der Waals surface area contributed by atoms with Crippen molar-refractivity contribution in [1.29, 1.82) is 0 Å². The van der Waals surface area contributed by atoms with Crippen molar-refractivity contribution < 1.29 is 23.5 Å². The molecule has 0 fully saturated rings. The molecule has 0 spiro atoms. The minimum atomic E-state index is -1.44. The average molecular weight is 233 g/mol. The van der Waals surface area contributed by atoms with Crippen LogP contribution in [0.15, 0.2) is 12.1 Å². The van der Waals surface area contributed by atoms with E-state index in [1.165, 1.54) is 6.92 Å². The molecule has 0 unspecified atom stereocenters. The maximum atomic E-state index is 13.2. The zero-order chi connectivity index (χ0) is 12.3. The van der Waals surface area contributed by atoms with Crippen LogP contribution in [0.5, 0.6) is 5.75 Å². The number of hydrogen-bond acceptors (Lipinski definition) is 4. The Labute approximate surface area is 89.4 Å². The van der Waals surface area contributed by atoms with Gasteiger partial charge in [-0.25, -0.2) is 4.39 Å². The van der Waals surface area contributed by atoms with Crippen LogP contribution in [-0.2, 0) is 0 Å². The topological polar surface area (TPSA) is 72.6 Å². The highest BCUT2D eigenvalue weighted by molar-refractivity contribution is 5.47. The summed E-state index contributed by atoms with van der Waals surface area (Å²) in [5, 5.41) is 19.4. The first-order valence-electron chi connectivity index (χ1n) is 4.36. The number of nitro benzene ring substituents is 1. The monoisotopic (exact) mass is 233 g/mol. The molecule has 1 aromatic rings. The van der Waals surface area contributed by atoms with Crippen LogP contribution < -0.4 is 4.74 Å². The second-order valence-corrected chi connectivity index (χ2v) is 3.13. The van der Waals surface area contributed by atoms with E-state index in [4.69, 9.17) is 5.11 Å². The number of halogens is 2. The summed E-state index contributed by atoms with van der Waals surface area (Å²) in [5.41, 5.74) is -0.681. The van der Waals surface area contributed by atoms with Gasteiger partial charge in [0.1, 0.15) is 6.61 Å². The lowest BCUT2D eigenvalue weighted by molar-refractivity contribution is -0.386. The van der Waals surface area contributed by atoms with Crippen molar-refractivity contribution in [2.45, 2.75) is 13.0 Å². The standard InChI is InChI=1S/C9H9F2NO4/c1-5(13)4-16-9-7(12(14)15)3-2-6(10)8(9)11/h2-3,5,13H,4H2,1H3/t5-/m1/s1. The van der Waals surface area contributed by atoms with Crippen molar-refractivity contribution in [1.82, 2.24) is 0 Å². The summed E-state index contributed by atoms with van der Waals surface area (Å²) in [6.07, 6.45) is -0.942. The molecule has 0 radical (unpaired) electrons. The number of benzene rings is 1. The van der Waals surface area contributed by atoms with E-state index in [1.807, 2.05) is 0 Å². The minimum Gasteiger partial charge on any atom is -0.482 e. The average Bonchev–Trinajstić information content (AvgIpc) is 2.19. The number of aliphatic hydroxyl groups excluding tert-OH is 1. The Morgan fingerprint density at radius 3 is 2.69 bits per heavy atom. The predicted octanol–water partition coefficient (Wildman–Crippen LogP) is 1.63. The molecule has 16 heavy (non-hydrogen) atoms. The molecular formula is C9H9F2NO4. The van der Waals surface area contributed by atoms with Crippen molar-refractivity contribution in [3.63, 3.8) is 0 Å². The van der Waals surface area contributed by atoms with Gasteiger partial charge in [0.15, 0.2) is 5.82 Å². The van der Waals surface area contributed by atoms with Crippen molar-refractivity contribution in [2.24, 2.45) is 0 Å². The molecule has 0 aliphatic rings. The first kappa shape index (κ1) is 12.3. The third-order valence-electron chi connectivity index (χ3n) is 1.69. The van der Waals surface area contributed by atoms with Gasteiger partial charge in [-0.1, -0.05) is 0 Å². The van der Waals surface area contributed by atoms with Gasteiger partial charge in [0.05, 0.1) is 11.0 Å². The molecule has 0 bridgehead atoms. The second kappa shape index (κ2) is 4.84. The van der Waals surface area contributed by atoms with Crippen LogP contribution in [0.4, 0.5) is 14.5 Å². The Kier molecular flexibility index (Phi) is 3.73. The number of nitrogens with zero attached hydrogens (tertiary/aromatic N) is 1. The van der Waals surface area contributed by atoms with Gasteiger partial charge in [-0.2, -0.15) is 4.39 Å². The largest absolute Gasteiger partial charge is 0.482 e. The van der Waals surface area contributed by atoms with Crippen LogP contribution in [0.2, 0.25) is 0 Å². The molecule has 0 aliphatic carbocycles. The molecule has 1 aromatic carbocycles. The van der Waals surface area contributed by atoms with Crippen LogP contribution in [0.3, 0.4) is 0 Å². The van der Waals surface area contributed by atoms with Crippen LogP contribution in [0.25, 0.3) is 0 Å². The highest BCUT2D eigenvalue weighted by Crippen LogP contribution is 2.31. The van der Waals surface area contributed by atoms with Gasteiger partial charge in [-0.15, -0.1) is 0 Å². The fourth-order valence-electron chi connectivity index (χ4n) is 1.01. The van der Waals surface area contributed by atoms with Crippen molar-refractivity contribution in [2.75, 3.05) is 6.61 Å². The fraction of sp³-hybridized carbons (Fsp3) is 0.333. The van der Waals surface area contributed by atoms with Gasteiger partial charge < -0.3 is 9.84 Å². The summed E-state index contributed by atoms with van der Waals surface area (Å²) < 4.78 is 30.7. The highest BCUT2D eigenvalue weighted by atomic mass is 19.2. The molecule has 0 amide bonds. The SMILES string of the molecule is C[C@@H](O)COc1c([N+](=O)[O-])ccc(F)c1F. The van der Waals surface area contributed by atoms with E-state index < -0.39 is 34.1 Å². The Bertz CT molecular complexity index is 409. The second-order valence-electron chi connectivity index (χ2n) is 3.13. The minimum absolute atomic E-state index is 0.360. The third kappa shape index (κ3) is 2.63. The normalized spacial score (nSPS) is 12.2. The van der Waals surface area contributed by atoms with Crippen molar-refractivity contribution >= 4 is 5.69 Å². The number of rotatable bonds is 4. The number of hydrogen-bond donors (Lipinski definition) is 1. The Hall–Kier alpha value is -1.76. The molecule has 5 nitrogen and oxygen atoms in total. The molecule has 0 aromatic heterocycles. The summed E-state index contributed by atoms with van der Waals surface area (Å²) >= 11 is 0. The van der Waals surface area contributed by atoms with Gasteiger partial charge in [-0.05, 0) is 13.0 Å². The number of aliphatic hydroxyl groups is 1. The maximum Gasteiger partial charge on any atom is 0.314 e. The molecule has 0 heterocycles. The lowest BCUT2D eigenvalue weighted by Gasteiger charge is -2.09. The van der Waals surface area contributed by atoms with E-state index in [2.05, 4.69) is 4.74 Å². The van der Waals surface area contributed by atoms with E-state index in [0.29, 0.717) is 6.07 Å². The molecule has 0 aliphatic heterocycles. The van der Waals surface area contributed by atoms with Gasteiger partial charge >= 0.3 is 5.69 Å². The summed E-state index contributed by atoms with van der Waals surface area (Å²) in [6, 6.07) is 1.44. The zero-order valence-electron chi connectivity index (χ0n) is 8.31. The van der Waals surface area contributed by atoms with Crippen LogP contribution in [0, 0.1) is 21.7 Å². The van der Waals surface area contributed by atoms with E-state index in [-0.39, 0.29) is 6.61 Å². The fourth-order valence-corrected chi connectivity index (χ4v) is 1.01. The molecule has 1 atom stereocenters. The Balaban J connectivity index is 3.11. The molecule has 1 N–H and O–H groups in total. The van der Waals surface area contributed by atoms with Gasteiger partial charge in [0.25, 0.3) is 0 Å². The number of ether oxygens (including phenoxy) is 1. The van der Waals surface area contributed by atoms with Crippen molar-refractivity contribution in [3.05, 3.63) is 33.9 Å². The smallest absolute Gasteiger partial charge is 0.314 e. The highest BCUT2D eigenvalue weighted by Gasteiger charge is 2.23. The lowest BCUT2D eigenvalue weighted by Crippen LogP contribution is -2.14. The van der Waals surface area contributed by atoms with Crippen LogP contribution in [-0.4, -0.2) is 22.7 Å². The van der Waals surface area contributed by atoms with E-state index in [1.54, 1.807) is 0 Å². The molecular weight excluding hydrogens is 224 g/mol. The molecule has 88 valence electrons. The third-order valence-corrected chi connectivity index (χ3v) is 1.69. The van der Waals surface area contributed by atoms with E-state index >= 15 is 0 Å². The lowest BCUT2D eigenvalue weighted by atomic mass is 10.2. The summed E-state index contributed by atoms with van der Waals surface area (Å²) in [7, 11) is 0. The van der Waals surface area contributed by atoms with E-state index in [0.717, 1.165) is 6.07 Å². The predicted molar refractivity (Wildman–Crippen MR) is 50.2 cm³/mol. The summed E-state index contributed by atoms with van der Waals surface area (Å²) in [4.78, 5) is 9.61. The first-order chi connectivity index (χ1) is 7.43. The van der Waals surface area contributed by atoms with E-state index in [9.17, 15) is 18.9 Å². The van der Waals surface area contributed by atoms with Crippen LogP contribution in [0.1, 0.15) is 6.92 Å². The number of nitro groups is 1. The molecule has 0 saturated carbocycles. The van der Waals surface area contributed by atoms with Gasteiger partial charge in [0.2, 0.25) is 11.6 Å². The molecule has 7 heteroatoms. The van der Waals surface area contributed by atoms with Crippen molar-refractivity contribution in [3.8, 4) is 5.75 Å². The Morgan fingerprint density at radius 2 is 2.19 bits per heavy atom. The first-order valence-corrected chi connectivity index (χ1v) is 4.36. The Morgan fingerprint density at radius 1 is 1.56 bits per heavy atom. The summed E-state index contributed by atoms with van der Waals surface area (Å²) in [5.74, 6) is -3.48. The maximum absolute atomic E-state index is 13.2. The van der Waals surface area contributed by atoms with Crippen LogP contribution >= 0.6 is 0 Å². The molecule has 1 rings (SSSR count).